The lowest BCUT2D eigenvalue weighted by Crippen LogP contribution is -1.96. The van der Waals surface area contributed by atoms with E-state index < -0.39 is 0 Å². The van der Waals surface area contributed by atoms with Gasteiger partial charge in [-0.2, -0.15) is 0 Å². The number of thiophene rings is 1. The van der Waals surface area contributed by atoms with Crippen LogP contribution in [0.4, 0.5) is 0 Å². The Morgan fingerprint density at radius 1 is 0.190 bits per heavy atom. The highest BCUT2D eigenvalue weighted by molar-refractivity contribution is 7.26. The van der Waals surface area contributed by atoms with E-state index in [4.69, 9.17) is 37.6 Å². The molecule has 12 heteroatoms. The van der Waals surface area contributed by atoms with E-state index in [9.17, 15) is 0 Å². The maximum Gasteiger partial charge on any atom is 0.160 e. The summed E-state index contributed by atoms with van der Waals surface area (Å²) in [6.07, 6.45) is 0. The van der Waals surface area contributed by atoms with Crippen LogP contribution in [-0.4, -0.2) is 33.6 Å². The number of hydrogen-bond acceptors (Lipinski definition) is 9. The summed E-state index contributed by atoms with van der Waals surface area (Å²) in [4.78, 5) is 20.5. The minimum atomic E-state index is 0.695. The molecular weight excluding hydrogens is 1760 g/mol. The molecule has 0 fully saturated rings. The van der Waals surface area contributed by atoms with Gasteiger partial charge in [0.05, 0.1) is 72.6 Å². The summed E-state index contributed by atoms with van der Waals surface area (Å²) < 4.78 is 36.1. The maximum atomic E-state index is 6.65. The summed E-state index contributed by atoms with van der Waals surface area (Å²) in [5.41, 5.74) is 32.3. The van der Waals surface area contributed by atoms with E-state index in [-0.39, 0.29) is 0 Å². The highest BCUT2D eigenvalue weighted by atomic mass is 32.1. The SMILES string of the molecule is c1ccc(-c2cc(-c3cccc4oc5cc(-n6c7ccccc7c7c8sc9ccccc9c8ccc76)ccc5c34)nc3ccccc23)cc1.c1ccc(-c2cc(-c3cccc4oc5cc(-n6c7ccccc7c7ccc8c9ccccc9oc8c76)ccc5c34)nc3ccccc23)cc1.c1ccc(-c2cc(-c3cccc4oc5cc(-n6c7ccccc7c7ccccc76)ccc5c34)nc(-c3ccccc3)n2)cc1. The maximum absolute atomic E-state index is 6.65. The van der Waals surface area contributed by atoms with Crippen molar-refractivity contribution in [1.82, 2.24) is 33.6 Å². The normalized spacial score (nSPS) is 11.9. The second-order valence-corrected chi connectivity index (χ2v) is 37.5. The van der Waals surface area contributed by atoms with Gasteiger partial charge in [0, 0.05) is 164 Å². The molecule has 0 radical (unpaired) electrons. The molecule has 0 aliphatic carbocycles. The number of aromatic nitrogens is 7. The van der Waals surface area contributed by atoms with Crippen molar-refractivity contribution in [2.45, 2.75) is 0 Å². The summed E-state index contributed by atoms with van der Waals surface area (Å²) in [6, 6.07) is 164. The molecule has 31 aromatic rings. The fraction of sp³-hybridized carbons (Fsp3) is 0. The molecule has 20 aromatic carbocycles. The Bertz CT molecular complexity index is 10500. The van der Waals surface area contributed by atoms with Crippen molar-refractivity contribution < 1.29 is 17.7 Å². The number of para-hydroxylation sites is 7. The van der Waals surface area contributed by atoms with Gasteiger partial charge < -0.3 is 31.4 Å². The quantitative estimate of drug-likeness (QED) is 0.133. The smallest absolute Gasteiger partial charge is 0.160 e. The van der Waals surface area contributed by atoms with Gasteiger partial charge in [-0.05, 0) is 156 Å². The number of nitrogens with zero attached hydrogens (tertiary/aromatic N) is 7. The van der Waals surface area contributed by atoms with Gasteiger partial charge in [-0.15, -0.1) is 11.3 Å². The van der Waals surface area contributed by atoms with Crippen LogP contribution in [-0.2, 0) is 0 Å². The molecule has 0 unspecified atom stereocenters. The summed E-state index contributed by atoms with van der Waals surface area (Å²) in [7, 11) is 0. The average Bonchev–Trinajstić information content (AvgIpc) is 1.56. The minimum Gasteiger partial charge on any atom is -0.456 e. The molecule has 142 heavy (non-hydrogen) atoms. The number of benzene rings is 20. The average molecular weight is 1830 g/mol. The van der Waals surface area contributed by atoms with Crippen molar-refractivity contribution in [1.29, 1.82) is 0 Å². The second-order valence-electron chi connectivity index (χ2n) is 36.4. The first-order valence-corrected chi connectivity index (χ1v) is 48.7. The van der Waals surface area contributed by atoms with Gasteiger partial charge >= 0.3 is 0 Å². The largest absolute Gasteiger partial charge is 0.456 e. The molecular formula is C130H77N7O4S. The van der Waals surface area contributed by atoms with Gasteiger partial charge in [0.2, 0.25) is 0 Å². The van der Waals surface area contributed by atoms with Crippen molar-refractivity contribution >= 4 is 206 Å². The van der Waals surface area contributed by atoms with Crippen LogP contribution in [0.3, 0.4) is 0 Å². The summed E-state index contributed by atoms with van der Waals surface area (Å²) in [5.74, 6) is 0.695. The Morgan fingerprint density at radius 2 is 0.563 bits per heavy atom. The Labute approximate surface area is 814 Å². The molecule has 0 spiro atoms. The van der Waals surface area contributed by atoms with Crippen LogP contribution in [0, 0.1) is 0 Å². The highest BCUT2D eigenvalue weighted by Gasteiger charge is 2.27. The van der Waals surface area contributed by atoms with Crippen LogP contribution in [0.2, 0.25) is 0 Å². The molecule has 11 nitrogen and oxygen atoms in total. The van der Waals surface area contributed by atoms with Gasteiger partial charge in [-0.25, -0.2) is 19.9 Å². The Hall–Kier alpha value is -18.9. The molecule has 0 N–H and O–H groups in total. The molecule has 0 saturated heterocycles. The van der Waals surface area contributed by atoms with Crippen LogP contribution < -0.4 is 0 Å². The first-order valence-electron chi connectivity index (χ1n) is 47.9. The van der Waals surface area contributed by atoms with E-state index in [1.807, 2.05) is 72.0 Å². The van der Waals surface area contributed by atoms with Gasteiger partial charge in [-0.1, -0.05) is 315 Å². The Balaban J connectivity index is 0.000000102. The Kier molecular flexibility index (Phi) is 18.3. The topological polar surface area (TPSA) is 119 Å². The van der Waals surface area contributed by atoms with Crippen LogP contribution in [0.15, 0.2) is 485 Å². The lowest BCUT2D eigenvalue weighted by molar-refractivity contribution is 0.668. The summed E-state index contributed by atoms with van der Waals surface area (Å²) in [6.45, 7) is 0. The van der Waals surface area contributed by atoms with Gasteiger partial charge in [0.1, 0.15) is 39.1 Å². The number of rotatable bonds is 10. The standard InChI is InChI=1S/C45H26N2O2.C45H26N2OS.C40H25N3O/c1-2-11-27(12-3-1)36-26-38(46-37-17-7-4-13-29(36)37)34-16-10-20-41-43(34)35-22-21-28(25-42(35)48-41)47-39-18-8-5-14-30(39)32-23-24-33-31-15-6-9-19-40(31)49-45(33)44(32)47;1-2-11-27(12-3-1)35-26-37(46-36-17-7-4-13-29(35)36)32-16-10-19-40-43(32)34-22-21-28(25-41(34)48-40)47-38-18-8-5-15-33(38)44-39(47)24-23-31-30-14-6-9-20-42(30)49-45(31)44;1-3-12-26(13-4-1)33-25-34(42-40(41-33)27-14-5-2-6-15-27)31-18-11-21-37-39(31)32-23-22-28(24-38(32)44-37)43-35-19-9-7-16-29(35)30-17-8-10-20-36(30)43/h2*1-26H;1-25H. The van der Waals surface area contributed by atoms with E-state index in [0.29, 0.717) is 5.82 Å². The van der Waals surface area contributed by atoms with Gasteiger partial charge in [0.15, 0.2) is 11.4 Å². The minimum absolute atomic E-state index is 0.695. The van der Waals surface area contributed by atoms with Gasteiger partial charge in [-0.3, -0.25) is 0 Å². The zero-order valence-electron chi connectivity index (χ0n) is 76.1. The third-order valence-corrected chi connectivity index (χ3v) is 29.6. The highest BCUT2D eigenvalue weighted by Crippen LogP contribution is 2.50. The molecule has 0 bridgehead atoms. The second kappa shape index (κ2) is 32.4. The van der Waals surface area contributed by atoms with E-state index in [1.54, 1.807) is 0 Å². The first-order chi connectivity index (χ1) is 70.4. The van der Waals surface area contributed by atoms with Gasteiger partial charge in [0.25, 0.3) is 0 Å². The molecule has 0 aliphatic heterocycles. The van der Waals surface area contributed by atoms with E-state index in [0.717, 1.165) is 199 Å². The van der Waals surface area contributed by atoms with E-state index in [1.165, 1.54) is 85.9 Å². The number of hydrogen-bond donors (Lipinski definition) is 0. The first kappa shape index (κ1) is 80.4. The molecule has 0 amide bonds. The van der Waals surface area contributed by atoms with Crippen LogP contribution in [0.5, 0.6) is 0 Å². The number of pyridine rings is 2. The molecule has 0 atom stereocenters. The predicted molar refractivity (Wildman–Crippen MR) is 589 cm³/mol. The lowest BCUT2D eigenvalue weighted by Gasteiger charge is -2.11. The number of fused-ring (bicyclic) bond motifs is 28. The zero-order valence-corrected chi connectivity index (χ0v) is 76.9. The van der Waals surface area contributed by atoms with E-state index >= 15 is 0 Å². The van der Waals surface area contributed by atoms with Crippen molar-refractivity contribution in [3.05, 3.63) is 467 Å². The van der Waals surface area contributed by atoms with Crippen molar-refractivity contribution in [2.75, 3.05) is 0 Å². The van der Waals surface area contributed by atoms with E-state index in [2.05, 4.69) is 420 Å². The fourth-order valence-corrected chi connectivity index (χ4v) is 23.4. The number of furan rings is 4. The monoisotopic (exact) mass is 1830 g/mol. The third kappa shape index (κ3) is 12.9. The third-order valence-electron chi connectivity index (χ3n) is 28.4. The molecule has 0 aliphatic rings. The van der Waals surface area contributed by atoms with Crippen LogP contribution in [0.1, 0.15) is 0 Å². The van der Waals surface area contributed by atoms with Crippen molar-refractivity contribution in [3.63, 3.8) is 0 Å². The molecule has 0 saturated carbocycles. The van der Waals surface area contributed by atoms with Crippen molar-refractivity contribution in [2.24, 2.45) is 0 Å². The summed E-state index contributed by atoms with van der Waals surface area (Å²) in [5, 5.41) is 20.9. The fourth-order valence-electron chi connectivity index (χ4n) is 22.1. The lowest BCUT2D eigenvalue weighted by atomic mass is 9.96. The van der Waals surface area contributed by atoms with Crippen molar-refractivity contribution in [3.8, 4) is 95.7 Å². The molecule has 662 valence electrons. The summed E-state index contributed by atoms with van der Waals surface area (Å²) >= 11 is 1.88. The zero-order chi connectivity index (χ0) is 93.1. The molecule has 11 aromatic heterocycles. The van der Waals surface area contributed by atoms with Crippen LogP contribution >= 0.6 is 11.3 Å². The van der Waals surface area contributed by atoms with Crippen LogP contribution in [0.25, 0.3) is 291 Å². The predicted octanol–water partition coefficient (Wildman–Crippen LogP) is 35.9. The molecule has 31 rings (SSSR count). The molecule has 11 heterocycles. The Morgan fingerprint density at radius 3 is 1.09 bits per heavy atom.